The molecule has 0 aliphatic rings. The molecule has 0 aliphatic carbocycles. The van der Waals surface area contributed by atoms with Crippen LogP contribution in [0.25, 0.3) is 0 Å². The average Bonchev–Trinajstić information content (AvgIpc) is 2.18. The Kier molecular flexibility index (Phi) is 6.33. The first-order valence-electron chi connectivity index (χ1n) is 5.63. The van der Waals surface area contributed by atoms with Gasteiger partial charge in [0.1, 0.15) is 0 Å². The summed E-state index contributed by atoms with van der Waals surface area (Å²) in [6.07, 6.45) is 1.90. The Bertz CT molecular complexity index is 148. The van der Waals surface area contributed by atoms with Crippen molar-refractivity contribution in [3.63, 3.8) is 0 Å². The Morgan fingerprint density at radius 2 is 2.00 bits per heavy atom. The largest absolute Gasteiger partial charge is 0.389 e. The van der Waals surface area contributed by atoms with E-state index in [2.05, 4.69) is 25.7 Å². The molecule has 3 N–H and O–H groups in total. The van der Waals surface area contributed by atoms with E-state index in [0.717, 1.165) is 25.9 Å². The van der Waals surface area contributed by atoms with E-state index in [-0.39, 0.29) is 0 Å². The summed E-state index contributed by atoms with van der Waals surface area (Å²) in [6.45, 7) is 10.7. The van der Waals surface area contributed by atoms with Crippen LogP contribution >= 0.6 is 0 Å². The molecule has 2 atom stereocenters. The van der Waals surface area contributed by atoms with Crippen LogP contribution in [-0.4, -0.2) is 41.3 Å². The molecular weight excluding hydrogens is 176 g/mol. The van der Waals surface area contributed by atoms with Crippen molar-refractivity contribution < 1.29 is 5.11 Å². The normalized spacial score (nSPS) is 18.2. The lowest BCUT2D eigenvalue weighted by atomic mass is 10.0. The van der Waals surface area contributed by atoms with Crippen LogP contribution in [0, 0.1) is 0 Å². The van der Waals surface area contributed by atoms with E-state index in [0.29, 0.717) is 12.6 Å². The van der Waals surface area contributed by atoms with Gasteiger partial charge in [0.05, 0.1) is 5.60 Å². The summed E-state index contributed by atoms with van der Waals surface area (Å²) in [6, 6.07) is 0.591. The van der Waals surface area contributed by atoms with Crippen molar-refractivity contribution in [2.75, 3.05) is 19.6 Å². The Balaban J connectivity index is 3.95. The van der Waals surface area contributed by atoms with E-state index in [1.54, 1.807) is 6.92 Å². The molecule has 3 heteroatoms. The standard InChI is InChI=1S/C11H26N2O/c1-5-10(3)13(6-2)8-7-11(4,14)9-12/h10,14H,5-9,12H2,1-4H3. The molecular formula is C11H26N2O. The van der Waals surface area contributed by atoms with Crippen molar-refractivity contribution in [3.8, 4) is 0 Å². The Morgan fingerprint density at radius 1 is 1.43 bits per heavy atom. The van der Waals surface area contributed by atoms with Gasteiger partial charge in [-0.3, -0.25) is 0 Å². The van der Waals surface area contributed by atoms with Gasteiger partial charge < -0.3 is 15.7 Å². The maximum Gasteiger partial charge on any atom is 0.0753 e. The van der Waals surface area contributed by atoms with Crippen molar-refractivity contribution in [2.45, 2.75) is 52.2 Å². The smallest absolute Gasteiger partial charge is 0.0753 e. The van der Waals surface area contributed by atoms with Crippen molar-refractivity contribution in [3.05, 3.63) is 0 Å². The lowest BCUT2D eigenvalue weighted by molar-refractivity contribution is 0.0432. The van der Waals surface area contributed by atoms with E-state index >= 15 is 0 Å². The number of aliphatic hydroxyl groups is 1. The minimum atomic E-state index is -0.707. The SMILES string of the molecule is CCC(C)N(CC)CCC(C)(O)CN. The fourth-order valence-corrected chi connectivity index (χ4v) is 1.43. The molecule has 0 amide bonds. The zero-order valence-electron chi connectivity index (χ0n) is 10.1. The summed E-state index contributed by atoms with van der Waals surface area (Å²) in [7, 11) is 0. The van der Waals surface area contributed by atoms with Gasteiger partial charge in [-0.25, -0.2) is 0 Å². The summed E-state index contributed by atoms with van der Waals surface area (Å²) < 4.78 is 0. The van der Waals surface area contributed by atoms with Crippen LogP contribution in [0.1, 0.15) is 40.5 Å². The van der Waals surface area contributed by atoms with Gasteiger partial charge in [0.2, 0.25) is 0 Å². The molecule has 0 radical (unpaired) electrons. The molecule has 2 unspecified atom stereocenters. The molecule has 0 aromatic rings. The van der Waals surface area contributed by atoms with E-state index in [9.17, 15) is 5.11 Å². The van der Waals surface area contributed by atoms with Crippen LogP contribution in [0.4, 0.5) is 0 Å². The van der Waals surface area contributed by atoms with Gasteiger partial charge in [-0.2, -0.15) is 0 Å². The molecule has 0 aromatic carbocycles. The molecule has 86 valence electrons. The van der Waals surface area contributed by atoms with Crippen LogP contribution in [-0.2, 0) is 0 Å². The maximum atomic E-state index is 9.77. The third-order valence-corrected chi connectivity index (χ3v) is 3.00. The minimum absolute atomic E-state index is 0.338. The number of hydrogen-bond acceptors (Lipinski definition) is 3. The minimum Gasteiger partial charge on any atom is -0.389 e. The number of nitrogens with two attached hydrogens (primary N) is 1. The monoisotopic (exact) mass is 202 g/mol. The second-order valence-corrected chi connectivity index (χ2v) is 4.34. The van der Waals surface area contributed by atoms with Crippen molar-refractivity contribution >= 4 is 0 Å². The Labute approximate surface area is 88.3 Å². The average molecular weight is 202 g/mol. The second-order valence-electron chi connectivity index (χ2n) is 4.34. The number of hydrogen-bond donors (Lipinski definition) is 2. The van der Waals surface area contributed by atoms with Gasteiger partial charge in [0, 0.05) is 19.1 Å². The van der Waals surface area contributed by atoms with Crippen LogP contribution in [0.2, 0.25) is 0 Å². The molecule has 0 heterocycles. The van der Waals surface area contributed by atoms with Gasteiger partial charge in [-0.1, -0.05) is 13.8 Å². The third kappa shape index (κ3) is 4.94. The lowest BCUT2D eigenvalue weighted by Crippen LogP contribution is -2.41. The first kappa shape index (κ1) is 13.9. The number of nitrogens with zero attached hydrogens (tertiary/aromatic N) is 1. The van der Waals surface area contributed by atoms with E-state index in [4.69, 9.17) is 5.73 Å². The summed E-state index contributed by atoms with van der Waals surface area (Å²) in [5, 5.41) is 9.77. The molecule has 0 aromatic heterocycles. The Morgan fingerprint density at radius 3 is 2.36 bits per heavy atom. The molecule has 0 spiro atoms. The predicted octanol–water partition coefficient (Wildman–Crippen LogP) is 1.21. The summed E-state index contributed by atoms with van der Waals surface area (Å²) in [4.78, 5) is 2.38. The second kappa shape index (κ2) is 6.38. The lowest BCUT2D eigenvalue weighted by Gasteiger charge is -2.30. The van der Waals surface area contributed by atoms with Crippen molar-refractivity contribution in [2.24, 2.45) is 5.73 Å². The van der Waals surface area contributed by atoms with E-state index in [1.807, 2.05) is 0 Å². The molecule has 0 aliphatic heterocycles. The van der Waals surface area contributed by atoms with Crippen LogP contribution in [0.5, 0.6) is 0 Å². The molecule has 14 heavy (non-hydrogen) atoms. The zero-order valence-corrected chi connectivity index (χ0v) is 10.1. The quantitative estimate of drug-likeness (QED) is 0.652. The van der Waals surface area contributed by atoms with Gasteiger partial charge >= 0.3 is 0 Å². The van der Waals surface area contributed by atoms with Crippen LogP contribution in [0.3, 0.4) is 0 Å². The van der Waals surface area contributed by atoms with Crippen LogP contribution in [0.15, 0.2) is 0 Å². The van der Waals surface area contributed by atoms with E-state index in [1.165, 1.54) is 0 Å². The maximum absolute atomic E-state index is 9.77. The molecule has 0 bridgehead atoms. The molecule has 3 nitrogen and oxygen atoms in total. The highest BCUT2D eigenvalue weighted by Gasteiger charge is 2.20. The third-order valence-electron chi connectivity index (χ3n) is 3.00. The fourth-order valence-electron chi connectivity index (χ4n) is 1.43. The van der Waals surface area contributed by atoms with Crippen molar-refractivity contribution in [1.29, 1.82) is 0 Å². The van der Waals surface area contributed by atoms with E-state index < -0.39 is 5.60 Å². The number of rotatable bonds is 7. The molecule has 0 rings (SSSR count). The van der Waals surface area contributed by atoms with Crippen molar-refractivity contribution in [1.82, 2.24) is 4.90 Å². The Hall–Kier alpha value is -0.120. The summed E-state index contributed by atoms with van der Waals surface area (Å²) >= 11 is 0. The first-order valence-corrected chi connectivity index (χ1v) is 5.63. The summed E-state index contributed by atoms with van der Waals surface area (Å²) in [5.74, 6) is 0. The highest BCUT2D eigenvalue weighted by atomic mass is 16.3. The molecule has 0 saturated carbocycles. The van der Waals surface area contributed by atoms with Gasteiger partial charge in [0.15, 0.2) is 0 Å². The van der Waals surface area contributed by atoms with Crippen LogP contribution < -0.4 is 5.73 Å². The molecule has 0 fully saturated rings. The fraction of sp³-hybridized carbons (Fsp3) is 1.00. The highest BCUT2D eigenvalue weighted by Crippen LogP contribution is 2.11. The predicted molar refractivity (Wildman–Crippen MR) is 61.3 cm³/mol. The topological polar surface area (TPSA) is 49.5 Å². The first-order chi connectivity index (χ1) is 6.46. The highest BCUT2D eigenvalue weighted by molar-refractivity contribution is 4.76. The van der Waals surface area contributed by atoms with Gasteiger partial charge in [0.25, 0.3) is 0 Å². The summed E-state index contributed by atoms with van der Waals surface area (Å²) in [5.41, 5.74) is 4.77. The molecule has 0 saturated heterocycles. The van der Waals surface area contributed by atoms with Gasteiger partial charge in [-0.15, -0.1) is 0 Å². The van der Waals surface area contributed by atoms with Gasteiger partial charge in [-0.05, 0) is 33.2 Å². The zero-order chi connectivity index (χ0) is 11.2.